The van der Waals surface area contributed by atoms with Gasteiger partial charge in [-0.25, -0.2) is 0 Å². The van der Waals surface area contributed by atoms with Gasteiger partial charge in [-0.3, -0.25) is 9.59 Å². The molecular weight excluding hydrogens is 184 g/mol. The fraction of sp³-hybridized carbons (Fsp3) is 0.800. The third kappa shape index (κ3) is 0.938. The van der Waals surface area contributed by atoms with Crippen molar-refractivity contribution in [3.8, 4) is 0 Å². The Morgan fingerprint density at radius 1 is 1.64 bits per heavy atom. The minimum Gasteiger partial charge on any atom is -0.468 e. The summed E-state index contributed by atoms with van der Waals surface area (Å²) >= 11 is 0. The fourth-order valence-electron chi connectivity index (χ4n) is 2.80. The predicted octanol–water partition coefficient (Wildman–Crippen LogP) is 0.891. The van der Waals surface area contributed by atoms with Crippen molar-refractivity contribution in [1.29, 1.82) is 0 Å². The third-order valence-corrected chi connectivity index (χ3v) is 3.49. The topological polar surface area (TPSA) is 52.6 Å². The normalized spacial score (nSPS) is 40.6. The summed E-state index contributed by atoms with van der Waals surface area (Å²) in [6, 6.07) is 0. The number of carbonyl (C=O) groups is 2. The monoisotopic (exact) mass is 198 g/mol. The first kappa shape index (κ1) is 9.49. The van der Waals surface area contributed by atoms with E-state index in [1.807, 2.05) is 6.92 Å². The van der Waals surface area contributed by atoms with Gasteiger partial charge < -0.3 is 9.47 Å². The van der Waals surface area contributed by atoms with Crippen molar-refractivity contribution in [2.45, 2.75) is 32.3 Å². The lowest BCUT2D eigenvalue weighted by molar-refractivity contribution is -0.163. The molecule has 2 aliphatic rings. The maximum atomic E-state index is 11.7. The van der Waals surface area contributed by atoms with E-state index in [9.17, 15) is 9.59 Å². The molecule has 0 aromatic rings. The Labute approximate surface area is 82.6 Å². The Morgan fingerprint density at radius 3 is 3.00 bits per heavy atom. The lowest BCUT2D eigenvalue weighted by Crippen LogP contribution is -2.39. The highest BCUT2D eigenvalue weighted by Gasteiger charge is 2.63. The molecule has 0 N–H and O–H groups in total. The smallest absolute Gasteiger partial charge is 0.324 e. The van der Waals surface area contributed by atoms with E-state index in [0.29, 0.717) is 6.42 Å². The summed E-state index contributed by atoms with van der Waals surface area (Å²) in [6.45, 7) is 1.85. The first-order valence-electron chi connectivity index (χ1n) is 4.92. The molecule has 0 amide bonds. The van der Waals surface area contributed by atoms with Crippen LogP contribution < -0.4 is 0 Å². The minimum atomic E-state index is -0.978. The summed E-state index contributed by atoms with van der Waals surface area (Å²) in [5, 5.41) is 0. The van der Waals surface area contributed by atoms with Gasteiger partial charge in [0.25, 0.3) is 0 Å². The molecular formula is C10H14O4. The Balaban J connectivity index is 2.38. The van der Waals surface area contributed by atoms with Gasteiger partial charge in [0, 0.05) is 5.92 Å². The molecule has 0 aromatic heterocycles. The van der Waals surface area contributed by atoms with E-state index in [2.05, 4.69) is 0 Å². The summed E-state index contributed by atoms with van der Waals surface area (Å²) < 4.78 is 9.83. The SMILES string of the molecule is COC(=O)[C@]12CCC[C@H]1[C@H](C)OC2=O. The maximum Gasteiger partial charge on any atom is 0.324 e. The van der Waals surface area contributed by atoms with E-state index in [1.54, 1.807) is 0 Å². The van der Waals surface area contributed by atoms with Crippen LogP contribution in [0.3, 0.4) is 0 Å². The zero-order chi connectivity index (χ0) is 10.3. The zero-order valence-corrected chi connectivity index (χ0v) is 8.41. The lowest BCUT2D eigenvalue weighted by Gasteiger charge is -2.21. The molecule has 2 fully saturated rings. The fourth-order valence-corrected chi connectivity index (χ4v) is 2.80. The average molecular weight is 198 g/mol. The Morgan fingerprint density at radius 2 is 2.36 bits per heavy atom. The van der Waals surface area contributed by atoms with Crippen LogP contribution in [0.5, 0.6) is 0 Å². The van der Waals surface area contributed by atoms with Crippen molar-refractivity contribution in [1.82, 2.24) is 0 Å². The van der Waals surface area contributed by atoms with Gasteiger partial charge >= 0.3 is 11.9 Å². The lowest BCUT2D eigenvalue weighted by atomic mass is 9.78. The summed E-state index contributed by atoms with van der Waals surface area (Å²) in [7, 11) is 1.32. The standard InChI is InChI=1S/C10H14O4/c1-6-7-4-3-5-10(7,8(11)13-2)9(12)14-6/h6-7H,3-5H2,1-2H3/t6-,7-,10-/m0/s1. The molecule has 4 heteroatoms. The van der Waals surface area contributed by atoms with Gasteiger partial charge in [-0.15, -0.1) is 0 Å². The van der Waals surface area contributed by atoms with Crippen LogP contribution >= 0.6 is 0 Å². The summed E-state index contributed by atoms with van der Waals surface area (Å²) in [4.78, 5) is 23.3. The van der Waals surface area contributed by atoms with Crippen molar-refractivity contribution in [2.75, 3.05) is 7.11 Å². The molecule has 0 bridgehead atoms. The van der Waals surface area contributed by atoms with Crippen LogP contribution in [-0.2, 0) is 19.1 Å². The second-order valence-electron chi connectivity index (χ2n) is 4.07. The van der Waals surface area contributed by atoms with E-state index >= 15 is 0 Å². The average Bonchev–Trinajstić information content (AvgIpc) is 2.68. The number of carbonyl (C=O) groups excluding carboxylic acids is 2. The van der Waals surface area contributed by atoms with Crippen LogP contribution in [0.1, 0.15) is 26.2 Å². The molecule has 3 atom stereocenters. The van der Waals surface area contributed by atoms with E-state index in [-0.39, 0.29) is 18.0 Å². The van der Waals surface area contributed by atoms with E-state index in [4.69, 9.17) is 9.47 Å². The number of fused-ring (bicyclic) bond motifs is 1. The van der Waals surface area contributed by atoms with Gasteiger partial charge in [-0.05, 0) is 19.8 Å². The number of methoxy groups -OCH3 is 1. The van der Waals surface area contributed by atoms with Gasteiger partial charge in [0.05, 0.1) is 7.11 Å². The molecule has 0 spiro atoms. The highest BCUT2D eigenvalue weighted by molar-refractivity contribution is 6.02. The second-order valence-corrected chi connectivity index (χ2v) is 4.07. The van der Waals surface area contributed by atoms with Crippen LogP contribution in [-0.4, -0.2) is 25.2 Å². The highest BCUT2D eigenvalue weighted by Crippen LogP contribution is 2.52. The number of hydrogen-bond acceptors (Lipinski definition) is 4. The Hall–Kier alpha value is -1.06. The Bertz CT molecular complexity index is 276. The van der Waals surface area contributed by atoms with Crippen LogP contribution in [0.25, 0.3) is 0 Å². The quantitative estimate of drug-likeness (QED) is 0.464. The molecule has 0 aromatic carbocycles. The number of esters is 2. The molecule has 78 valence electrons. The maximum absolute atomic E-state index is 11.7. The predicted molar refractivity (Wildman–Crippen MR) is 47.3 cm³/mol. The van der Waals surface area contributed by atoms with Crippen molar-refractivity contribution in [3.63, 3.8) is 0 Å². The van der Waals surface area contributed by atoms with Crippen molar-refractivity contribution >= 4 is 11.9 Å². The largest absolute Gasteiger partial charge is 0.468 e. The van der Waals surface area contributed by atoms with Gasteiger partial charge in [0.1, 0.15) is 6.10 Å². The minimum absolute atomic E-state index is 0.0162. The van der Waals surface area contributed by atoms with E-state index in [0.717, 1.165) is 12.8 Å². The van der Waals surface area contributed by atoms with Crippen LogP contribution in [0.15, 0.2) is 0 Å². The van der Waals surface area contributed by atoms with Crippen molar-refractivity contribution in [3.05, 3.63) is 0 Å². The molecule has 4 nitrogen and oxygen atoms in total. The van der Waals surface area contributed by atoms with Gasteiger partial charge in [0.2, 0.25) is 0 Å². The van der Waals surface area contributed by atoms with Crippen LogP contribution in [0, 0.1) is 11.3 Å². The molecule has 2 rings (SSSR count). The Kier molecular flexibility index (Phi) is 2.01. The highest BCUT2D eigenvalue weighted by atomic mass is 16.6. The molecule has 1 aliphatic heterocycles. The zero-order valence-electron chi connectivity index (χ0n) is 8.41. The number of hydrogen-bond donors (Lipinski definition) is 0. The molecule has 1 saturated heterocycles. The summed E-state index contributed by atoms with van der Waals surface area (Å²) in [5.74, 6) is -0.795. The van der Waals surface area contributed by atoms with Crippen LogP contribution in [0.2, 0.25) is 0 Å². The van der Waals surface area contributed by atoms with Gasteiger partial charge in [-0.2, -0.15) is 0 Å². The van der Waals surface area contributed by atoms with E-state index in [1.165, 1.54) is 7.11 Å². The molecule has 0 unspecified atom stereocenters. The van der Waals surface area contributed by atoms with Crippen molar-refractivity contribution in [2.24, 2.45) is 11.3 Å². The summed E-state index contributed by atoms with van der Waals surface area (Å²) in [6.07, 6.45) is 2.21. The first-order chi connectivity index (χ1) is 6.63. The number of ether oxygens (including phenoxy) is 2. The van der Waals surface area contributed by atoms with Gasteiger partial charge in [0.15, 0.2) is 5.41 Å². The van der Waals surface area contributed by atoms with Gasteiger partial charge in [-0.1, -0.05) is 6.42 Å². The first-order valence-corrected chi connectivity index (χ1v) is 4.92. The summed E-state index contributed by atoms with van der Waals surface area (Å²) in [5.41, 5.74) is -0.978. The number of rotatable bonds is 1. The molecule has 1 heterocycles. The third-order valence-electron chi connectivity index (χ3n) is 3.49. The van der Waals surface area contributed by atoms with Crippen LogP contribution in [0.4, 0.5) is 0 Å². The molecule has 0 radical (unpaired) electrons. The molecule has 14 heavy (non-hydrogen) atoms. The van der Waals surface area contributed by atoms with E-state index < -0.39 is 11.4 Å². The number of cyclic esters (lactones) is 1. The second kappa shape index (κ2) is 2.97. The molecule has 1 aliphatic carbocycles. The molecule has 1 saturated carbocycles. The van der Waals surface area contributed by atoms with Crippen molar-refractivity contribution < 1.29 is 19.1 Å².